The summed E-state index contributed by atoms with van der Waals surface area (Å²) in [7, 11) is 0. The minimum absolute atomic E-state index is 0.00442. The second-order valence-corrected chi connectivity index (χ2v) is 13.3. The summed E-state index contributed by atoms with van der Waals surface area (Å²) in [5.41, 5.74) is 0.533. The molecule has 0 radical (unpaired) electrons. The topological polar surface area (TPSA) is 182 Å². The standard InChI is InChI=1S/C32H42ClN5O8/c1-5-6-7-19-15-37(17-22-26(19)35-27(36-28(22)41)18-8-10-20(33)11-9-18)29(42)24-14-21(39)16-38(24)25(40)13-12-23(30(43)44)34-31(45)46-32(2,3)4/h8-11,19,21,23-24,39H,5-7,12-17H2,1-4H3,(H,34,45)(H,43,44)(H,35,36,41)/t19?,21-,23-,24+/m1/s1. The van der Waals surface area contributed by atoms with Crippen molar-refractivity contribution in [2.75, 3.05) is 13.1 Å². The quantitative estimate of drug-likeness (QED) is 0.297. The highest BCUT2D eigenvalue weighted by atomic mass is 35.5. The molecule has 250 valence electrons. The van der Waals surface area contributed by atoms with Crippen LogP contribution in [-0.4, -0.2) is 90.7 Å². The number of amides is 3. The van der Waals surface area contributed by atoms with E-state index in [0.29, 0.717) is 34.1 Å². The van der Waals surface area contributed by atoms with E-state index in [0.717, 1.165) is 12.8 Å². The fourth-order valence-corrected chi connectivity index (χ4v) is 5.98. The molecule has 3 amide bonds. The van der Waals surface area contributed by atoms with Crippen molar-refractivity contribution in [1.29, 1.82) is 0 Å². The zero-order chi connectivity index (χ0) is 33.8. The average Bonchev–Trinajstić information content (AvgIpc) is 3.38. The summed E-state index contributed by atoms with van der Waals surface area (Å²) in [6.45, 7) is 7.16. The number of unbranched alkanes of at least 4 members (excludes halogenated alkanes) is 1. The lowest BCUT2D eigenvalue weighted by Crippen LogP contribution is -2.51. The second kappa shape index (κ2) is 14.6. The number of alkyl carbamates (subject to hydrolysis) is 1. The number of aliphatic hydroxyl groups is 1. The molecule has 13 nitrogen and oxygen atoms in total. The molecule has 2 aliphatic rings. The van der Waals surface area contributed by atoms with Gasteiger partial charge in [0.1, 0.15) is 23.5 Å². The van der Waals surface area contributed by atoms with Crippen LogP contribution in [0.2, 0.25) is 5.02 Å². The van der Waals surface area contributed by atoms with Crippen LogP contribution < -0.4 is 10.9 Å². The number of rotatable bonds is 10. The van der Waals surface area contributed by atoms with Crippen molar-refractivity contribution in [3.05, 3.63) is 50.9 Å². The molecule has 2 aliphatic heterocycles. The van der Waals surface area contributed by atoms with E-state index in [4.69, 9.17) is 21.3 Å². The minimum atomic E-state index is -1.39. The Bertz CT molecular complexity index is 1510. The molecule has 0 spiro atoms. The van der Waals surface area contributed by atoms with Gasteiger partial charge < -0.3 is 35.1 Å². The van der Waals surface area contributed by atoms with E-state index in [2.05, 4.69) is 17.2 Å². The third kappa shape index (κ3) is 8.64. The Kier molecular flexibility index (Phi) is 11.1. The van der Waals surface area contributed by atoms with Crippen LogP contribution in [-0.2, 0) is 25.7 Å². The van der Waals surface area contributed by atoms with E-state index in [1.807, 2.05) is 0 Å². The summed E-state index contributed by atoms with van der Waals surface area (Å²) < 4.78 is 5.13. The summed E-state index contributed by atoms with van der Waals surface area (Å²) in [6.07, 6.45) is 0.0570. The van der Waals surface area contributed by atoms with Crippen LogP contribution in [0.1, 0.15) is 83.4 Å². The Hall–Kier alpha value is -3.97. The zero-order valence-corrected chi connectivity index (χ0v) is 27.3. The number of β-amino-alcohol motifs (C(OH)–C–C–N with tert-alkyl or cyclic N) is 1. The smallest absolute Gasteiger partial charge is 0.408 e. The molecule has 2 aromatic rings. The highest BCUT2D eigenvalue weighted by Gasteiger charge is 2.43. The lowest BCUT2D eigenvalue weighted by molar-refractivity contribution is -0.145. The van der Waals surface area contributed by atoms with Gasteiger partial charge >= 0.3 is 12.1 Å². The van der Waals surface area contributed by atoms with Crippen molar-refractivity contribution in [3.63, 3.8) is 0 Å². The maximum Gasteiger partial charge on any atom is 0.408 e. The third-order valence-corrected chi connectivity index (χ3v) is 8.33. The highest BCUT2D eigenvalue weighted by molar-refractivity contribution is 6.30. The molecule has 0 aliphatic carbocycles. The molecule has 1 aromatic heterocycles. The van der Waals surface area contributed by atoms with E-state index in [-0.39, 0.29) is 50.4 Å². The Morgan fingerprint density at radius 2 is 1.87 bits per heavy atom. The SMILES string of the molecule is CCCCC1CN(C(=O)[C@@H]2C[C@@H](O)CN2C(=O)CC[C@@H](NC(=O)OC(C)(C)C)C(=O)O)Cc2c1nc(-c1ccc(Cl)cc1)[nH]c2=O. The fourth-order valence-electron chi connectivity index (χ4n) is 5.86. The van der Waals surface area contributed by atoms with Gasteiger partial charge in [0.15, 0.2) is 0 Å². The lowest BCUT2D eigenvalue weighted by atomic mass is 9.90. The van der Waals surface area contributed by atoms with Gasteiger partial charge in [0.25, 0.3) is 5.56 Å². The first-order valence-corrected chi connectivity index (χ1v) is 15.9. The number of carboxylic acids is 1. The number of hydrogen-bond donors (Lipinski definition) is 4. The fraction of sp³-hybridized carbons (Fsp3) is 0.562. The van der Waals surface area contributed by atoms with E-state index in [1.54, 1.807) is 49.9 Å². The predicted molar refractivity (Wildman–Crippen MR) is 169 cm³/mol. The number of H-pyrrole nitrogens is 1. The molecule has 4 atom stereocenters. The Morgan fingerprint density at radius 1 is 1.17 bits per heavy atom. The van der Waals surface area contributed by atoms with Crippen LogP contribution in [0, 0.1) is 0 Å². The molecular formula is C32H42ClN5O8. The molecule has 14 heteroatoms. The first-order valence-electron chi connectivity index (χ1n) is 15.5. The van der Waals surface area contributed by atoms with Gasteiger partial charge in [0.05, 0.1) is 23.9 Å². The monoisotopic (exact) mass is 659 g/mol. The molecular weight excluding hydrogens is 618 g/mol. The Labute approximate surface area is 272 Å². The zero-order valence-electron chi connectivity index (χ0n) is 26.5. The van der Waals surface area contributed by atoms with Gasteiger partial charge in [-0.1, -0.05) is 31.4 Å². The number of nitrogens with one attached hydrogen (secondary N) is 2. The molecule has 1 saturated heterocycles. The maximum atomic E-state index is 14.0. The number of likely N-dealkylation sites (tertiary alicyclic amines) is 1. The number of carboxylic acid groups (broad SMARTS) is 1. The van der Waals surface area contributed by atoms with E-state index in [9.17, 15) is 34.2 Å². The first-order chi connectivity index (χ1) is 21.7. The van der Waals surface area contributed by atoms with Gasteiger partial charge in [-0.25, -0.2) is 14.6 Å². The van der Waals surface area contributed by atoms with Gasteiger partial charge in [-0.15, -0.1) is 0 Å². The minimum Gasteiger partial charge on any atom is -0.480 e. The number of halogens is 1. The third-order valence-electron chi connectivity index (χ3n) is 8.08. The number of fused-ring (bicyclic) bond motifs is 1. The van der Waals surface area contributed by atoms with Crippen LogP contribution in [0.5, 0.6) is 0 Å². The molecule has 46 heavy (non-hydrogen) atoms. The molecule has 1 unspecified atom stereocenters. The number of carbonyl (C=O) groups excluding carboxylic acids is 3. The van der Waals surface area contributed by atoms with Gasteiger partial charge in [-0.2, -0.15) is 0 Å². The van der Waals surface area contributed by atoms with Crippen LogP contribution in [0.4, 0.5) is 4.79 Å². The number of aliphatic carboxylic acids is 1. The van der Waals surface area contributed by atoms with E-state index in [1.165, 1.54) is 4.90 Å². The van der Waals surface area contributed by atoms with Crippen molar-refractivity contribution < 1.29 is 34.1 Å². The maximum absolute atomic E-state index is 14.0. The second-order valence-electron chi connectivity index (χ2n) is 12.9. The Morgan fingerprint density at radius 3 is 2.50 bits per heavy atom. The highest BCUT2D eigenvalue weighted by Crippen LogP contribution is 2.32. The molecule has 3 heterocycles. The number of benzene rings is 1. The first kappa shape index (κ1) is 34.9. The van der Waals surface area contributed by atoms with Crippen molar-refractivity contribution in [1.82, 2.24) is 25.1 Å². The molecule has 1 aromatic carbocycles. The van der Waals surface area contributed by atoms with Crippen LogP contribution in [0.15, 0.2) is 29.1 Å². The van der Waals surface area contributed by atoms with Gasteiger partial charge in [-0.3, -0.25) is 14.4 Å². The van der Waals surface area contributed by atoms with Crippen LogP contribution >= 0.6 is 11.6 Å². The van der Waals surface area contributed by atoms with Gasteiger partial charge in [0.2, 0.25) is 11.8 Å². The number of carbonyl (C=O) groups is 4. The number of nitrogens with zero attached hydrogens (tertiary/aromatic N) is 3. The number of ether oxygens (including phenoxy) is 1. The summed E-state index contributed by atoms with van der Waals surface area (Å²) in [5.74, 6) is -2.07. The molecule has 0 saturated carbocycles. The summed E-state index contributed by atoms with van der Waals surface area (Å²) in [6, 6.07) is 4.60. The Balaban J connectivity index is 1.51. The van der Waals surface area contributed by atoms with Crippen LogP contribution in [0.25, 0.3) is 11.4 Å². The molecule has 4 N–H and O–H groups in total. The summed E-state index contributed by atoms with van der Waals surface area (Å²) in [4.78, 5) is 75.0. The number of aromatic nitrogens is 2. The normalized spacial score (nSPS) is 20.2. The average molecular weight is 660 g/mol. The predicted octanol–water partition coefficient (Wildman–Crippen LogP) is 3.43. The van der Waals surface area contributed by atoms with Gasteiger partial charge in [0, 0.05) is 42.4 Å². The number of aromatic amines is 1. The van der Waals surface area contributed by atoms with Crippen molar-refractivity contribution in [3.8, 4) is 11.4 Å². The molecule has 0 bridgehead atoms. The summed E-state index contributed by atoms with van der Waals surface area (Å²) in [5, 5.41) is 22.9. The van der Waals surface area contributed by atoms with E-state index < -0.39 is 47.7 Å². The van der Waals surface area contributed by atoms with Crippen LogP contribution in [0.3, 0.4) is 0 Å². The largest absolute Gasteiger partial charge is 0.480 e. The lowest BCUT2D eigenvalue weighted by Gasteiger charge is -2.36. The van der Waals surface area contributed by atoms with Crippen molar-refractivity contribution in [2.24, 2.45) is 0 Å². The van der Waals surface area contributed by atoms with Crippen molar-refractivity contribution >= 4 is 35.5 Å². The van der Waals surface area contributed by atoms with Gasteiger partial charge in [-0.05, 0) is 57.9 Å². The summed E-state index contributed by atoms with van der Waals surface area (Å²) >= 11 is 6.03. The molecule has 4 rings (SSSR count). The number of aliphatic hydroxyl groups excluding tert-OH is 1. The number of hydrogen-bond acceptors (Lipinski definition) is 8. The molecule has 1 fully saturated rings. The van der Waals surface area contributed by atoms with Crippen molar-refractivity contribution in [2.45, 2.75) is 102 Å². The van der Waals surface area contributed by atoms with E-state index >= 15 is 0 Å².